The van der Waals surface area contributed by atoms with Crippen LogP contribution in [0.2, 0.25) is 0 Å². The Morgan fingerprint density at radius 1 is 0.482 bits per heavy atom. The predicted octanol–water partition coefficient (Wildman–Crippen LogP) is 10.8. The topological polar surface area (TPSA) is 122 Å². The Bertz CT molecular complexity index is 1180. The zero-order valence-corrected chi connectivity index (χ0v) is 36.5. The predicted molar refractivity (Wildman–Crippen MR) is 230 cm³/mol. The summed E-state index contributed by atoms with van der Waals surface area (Å²) in [4.78, 5) is 55.1. The molecule has 1 aromatic carbocycles. The number of Topliss-reactive ketones (excluding diaryl/α,β-unsaturated/α-hetero) is 5. The van der Waals surface area contributed by atoms with Crippen LogP contribution in [-0.2, 0) is 38.1 Å². The first-order chi connectivity index (χ1) is 26.7. The number of benzene rings is 1. The van der Waals surface area contributed by atoms with Crippen LogP contribution in [0.3, 0.4) is 0 Å². The van der Waals surface area contributed by atoms with E-state index < -0.39 is 0 Å². The van der Waals surface area contributed by atoms with Gasteiger partial charge >= 0.3 is 0 Å². The van der Waals surface area contributed by atoms with Gasteiger partial charge in [-0.3, -0.25) is 24.0 Å². The van der Waals surface area contributed by atoms with Gasteiger partial charge in [0, 0.05) is 66.1 Å². The fraction of sp³-hybridized carbons (Fsp3) is 0.638. The highest BCUT2D eigenvalue weighted by Gasteiger charge is 2.14. The van der Waals surface area contributed by atoms with Crippen LogP contribution in [0.4, 0.5) is 0 Å². The number of ether oxygens (including phenoxy) is 4. The number of carbonyl (C=O) groups excluding carboxylic acids is 5. The molecular weight excluding hydrogens is 709 g/mol. The summed E-state index contributed by atoms with van der Waals surface area (Å²) in [5, 5.41) is 0. The van der Waals surface area contributed by atoms with Crippen molar-refractivity contribution in [1.82, 2.24) is 0 Å². The highest BCUT2D eigenvalue weighted by atomic mass is 16.5. The van der Waals surface area contributed by atoms with E-state index in [9.17, 15) is 24.0 Å². The van der Waals surface area contributed by atoms with E-state index in [1.165, 1.54) is 26.2 Å². The van der Waals surface area contributed by atoms with Crippen molar-refractivity contribution in [1.29, 1.82) is 0 Å². The Morgan fingerprint density at radius 3 is 1.20 bits per heavy atom. The summed E-state index contributed by atoms with van der Waals surface area (Å²) in [6.07, 6.45) is 21.9. The zero-order chi connectivity index (χ0) is 43.0. The average molecular weight is 787 g/mol. The summed E-state index contributed by atoms with van der Waals surface area (Å²) in [6.45, 7) is 17.3. The van der Waals surface area contributed by atoms with E-state index in [-0.39, 0.29) is 53.3 Å². The highest BCUT2D eigenvalue weighted by Crippen LogP contribution is 2.13. The third-order valence-electron chi connectivity index (χ3n) is 8.74. The number of methoxy groups -OCH3 is 4. The van der Waals surface area contributed by atoms with Crippen LogP contribution < -0.4 is 0 Å². The van der Waals surface area contributed by atoms with Crippen LogP contribution >= 0.6 is 0 Å². The second-order valence-electron chi connectivity index (χ2n) is 14.1. The van der Waals surface area contributed by atoms with Gasteiger partial charge in [0.25, 0.3) is 0 Å². The van der Waals surface area contributed by atoms with Crippen molar-refractivity contribution in [2.45, 2.75) is 168 Å². The molecule has 0 saturated heterocycles. The molecule has 0 bridgehead atoms. The van der Waals surface area contributed by atoms with Gasteiger partial charge in [-0.05, 0) is 85.5 Å². The van der Waals surface area contributed by atoms with Gasteiger partial charge in [0.1, 0.15) is 23.1 Å². The Balaban J connectivity index is -0.000000678. The number of hydrogen-bond donors (Lipinski definition) is 0. The van der Waals surface area contributed by atoms with Gasteiger partial charge in [-0.25, -0.2) is 0 Å². The minimum absolute atomic E-state index is 0.0745. The molecule has 0 aromatic heterocycles. The summed E-state index contributed by atoms with van der Waals surface area (Å²) in [6, 6.07) is 9.17. The van der Waals surface area contributed by atoms with Crippen molar-refractivity contribution in [3.63, 3.8) is 0 Å². The molecule has 0 N–H and O–H groups in total. The number of ketones is 5. The maximum Gasteiger partial charge on any atom is 0.162 e. The summed E-state index contributed by atoms with van der Waals surface area (Å²) >= 11 is 0. The number of allylic oxidation sites excluding steroid dienone is 3. The van der Waals surface area contributed by atoms with Crippen molar-refractivity contribution >= 4 is 28.9 Å². The lowest BCUT2D eigenvalue weighted by molar-refractivity contribution is -0.120. The summed E-state index contributed by atoms with van der Waals surface area (Å²) in [5.74, 6) is 0.783. The lowest BCUT2D eigenvalue weighted by Gasteiger charge is -2.12. The van der Waals surface area contributed by atoms with Crippen molar-refractivity contribution in [2.75, 3.05) is 28.4 Å². The molecule has 1 rings (SSSR count). The highest BCUT2D eigenvalue weighted by molar-refractivity contribution is 5.96. The van der Waals surface area contributed by atoms with E-state index in [1.807, 2.05) is 36.4 Å². The van der Waals surface area contributed by atoms with Crippen molar-refractivity contribution in [2.24, 2.45) is 0 Å². The van der Waals surface area contributed by atoms with Crippen LogP contribution in [0.15, 0.2) is 68.3 Å². The molecule has 4 unspecified atom stereocenters. The van der Waals surface area contributed by atoms with Crippen LogP contribution in [0, 0.1) is 0 Å². The van der Waals surface area contributed by atoms with Crippen LogP contribution in [0.25, 0.3) is 0 Å². The maximum absolute atomic E-state index is 11.8. The molecule has 4 atom stereocenters. The Labute approximate surface area is 341 Å². The molecule has 0 saturated carbocycles. The number of rotatable bonds is 31. The normalized spacial score (nSPS) is 12.4. The van der Waals surface area contributed by atoms with Crippen LogP contribution in [0.1, 0.15) is 154 Å². The van der Waals surface area contributed by atoms with Crippen molar-refractivity contribution < 1.29 is 42.9 Å². The summed E-state index contributed by atoms with van der Waals surface area (Å²) < 4.78 is 20.7. The molecule has 320 valence electrons. The van der Waals surface area contributed by atoms with E-state index >= 15 is 0 Å². The van der Waals surface area contributed by atoms with Crippen LogP contribution in [0.5, 0.6) is 0 Å². The van der Waals surface area contributed by atoms with Crippen LogP contribution in [-0.4, -0.2) is 81.8 Å². The maximum atomic E-state index is 11.8. The fourth-order valence-electron chi connectivity index (χ4n) is 5.53. The molecular formula is C47H78O9. The molecule has 0 amide bonds. The second kappa shape index (κ2) is 41.3. The molecule has 1 aromatic rings. The minimum Gasteiger partial charge on any atom is -0.381 e. The molecule has 56 heavy (non-hydrogen) atoms. The first-order valence-electron chi connectivity index (χ1n) is 20.2. The average Bonchev–Trinajstić information content (AvgIpc) is 3.17. The van der Waals surface area contributed by atoms with E-state index in [0.29, 0.717) is 44.1 Å². The monoisotopic (exact) mass is 787 g/mol. The quantitative estimate of drug-likeness (QED) is 0.0411. The third kappa shape index (κ3) is 40.3. The Hall–Kier alpha value is -3.37. The Kier molecular flexibility index (Phi) is 42.0. The number of carbonyl (C=O) groups is 5. The van der Waals surface area contributed by atoms with Gasteiger partial charge in [-0.2, -0.15) is 0 Å². The van der Waals surface area contributed by atoms with E-state index in [2.05, 4.69) is 19.7 Å². The summed E-state index contributed by atoms with van der Waals surface area (Å²) in [7, 11) is 6.56. The van der Waals surface area contributed by atoms with Gasteiger partial charge in [-0.15, -0.1) is 19.7 Å². The van der Waals surface area contributed by atoms with E-state index in [4.69, 9.17) is 18.9 Å². The van der Waals surface area contributed by atoms with Gasteiger partial charge in [-0.1, -0.05) is 74.2 Å². The molecule has 9 nitrogen and oxygen atoms in total. The second-order valence-corrected chi connectivity index (χ2v) is 14.1. The SMILES string of the molecule is C=CCCC(CC(C)=O)OC.C=CCCCCC(CC(C)=O)OC.C=CCCCCCCC(CC(C)=O)OC.COC(CCC(=O)c1ccccc1)CC(C)=O. The van der Waals surface area contributed by atoms with Gasteiger partial charge in [0.15, 0.2) is 5.78 Å². The molecule has 0 aliphatic rings. The molecule has 0 spiro atoms. The van der Waals surface area contributed by atoms with Gasteiger partial charge in [0.2, 0.25) is 0 Å². The molecule has 0 fully saturated rings. The lowest BCUT2D eigenvalue weighted by Crippen LogP contribution is -2.16. The molecule has 0 aliphatic carbocycles. The van der Waals surface area contributed by atoms with Gasteiger partial charge < -0.3 is 18.9 Å². The Morgan fingerprint density at radius 2 is 0.821 bits per heavy atom. The minimum atomic E-state index is -0.153. The van der Waals surface area contributed by atoms with Crippen molar-refractivity contribution in [3.8, 4) is 0 Å². The fourth-order valence-corrected chi connectivity index (χ4v) is 5.53. The first kappa shape index (κ1) is 57.0. The van der Waals surface area contributed by atoms with Gasteiger partial charge in [0.05, 0.1) is 24.4 Å². The number of hydrogen-bond acceptors (Lipinski definition) is 9. The molecule has 9 heteroatoms. The molecule has 0 heterocycles. The third-order valence-corrected chi connectivity index (χ3v) is 8.74. The lowest BCUT2D eigenvalue weighted by atomic mass is 10.0. The molecule has 0 aliphatic heterocycles. The molecule has 0 radical (unpaired) electrons. The standard InChI is InChI=1S/C14H18O3.C13H24O2.C11H20O2.C9H16O2/c1-11(15)10-13(17-2)8-9-14(16)12-6-4-3-5-7-12;1-4-5-6-7-8-9-10-13(15-3)11-12(2)14;1-4-5-6-7-8-11(13-3)9-10(2)12;1-4-5-6-9(11-3)7-8(2)10/h3-7,13H,8-10H2,1-2H3;4,13H,1,5-11H2,2-3H3;4,11H,1,5-9H2,2-3H3;4,9H,1,5-7H2,2-3H3. The summed E-state index contributed by atoms with van der Waals surface area (Å²) in [5.41, 5.74) is 0.713. The first-order valence-corrected chi connectivity index (χ1v) is 20.2. The zero-order valence-electron chi connectivity index (χ0n) is 36.5. The smallest absolute Gasteiger partial charge is 0.162 e. The number of unbranched alkanes of at least 4 members (excludes halogenated alkanes) is 6. The largest absolute Gasteiger partial charge is 0.381 e. The van der Waals surface area contributed by atoms with E-state index in [1.54, 1.807) is 61.3 Å². The van der Waals surface area contributed by atoms with Crippen molar-refractivity contribution in [3.05, 3.63) is 73.9 Å². The van der Waals surface area contributed by atoms with E-state index in [0.717, 1.165) is 57.8 Å².